The number of aliphatic hydroxyl groups excluding tert-OH is 1. The first-order valence-electron chi connectivity index (χ1n) is 4.19. The number of hydrogen-bond donors (Lipinski definition) is 2. The molecule has 1 saturated heterocycles. The van der Waals surface area contributed by atoms with Gasteiger partial charge in [-0.1, -0.05) is 0 Å². The zero-order chi connectivity index (χ0) is 9.40. The summed E-state index contributed by atoms with van der Waals surface area (Å²) < 4.78 is 0. The number of hydrogen-bond acceptors (Lipinski definition) is 3. The highest BCUT2D eigenvalue weighted by Crippen LogP contribution is 2.04. The molecule has 12 heavy (non-hydrogen) atoms. The summed E-state index contributed by atoms with van der Waals surface area (Å²) in [5.41, 5.74) is 0. The second-order valence-corrected chi connectivity index (χ2v) is 2.79. The largest absolute Gasteiger partial charge is 0.481 e. The molecule has 0 saturated carbocycles. The third-order valence-corrected chi connectivity index (χ3v) is 1.61. The molecule has 4 nitrogen and oxygen atoms in total. The summed E-state index contributed by atoms with van der Waals surface area (Å²) in [6, 6.07) is 0. The Hall–Kier alpha value is -0.610. The number of rotatable bonds is 2. The Kier molecular flexibility index (Phi) is 6.70. The van der Waals surface area contributed by atoms with Gasteiger partial charge < -0.3 is 15.1 Å². The normalized spacial score (nSPS) is 16.8. The molecule has 0 radical (unpaired) electrons. The Labute approximate surface area is 72.8 Å². The molecule has 0 aliphatic carbocycles. The van der Waals surface area contributed by atoms with Crippen molar-refractivity contribution < 1.29 is 15.0 Å². The standard InChI is InChI=1S/C6H13NO.C2H4O2/c8-6-5-7-3-1-2-4-7;1-2(3)4/h8H,1-6H2;1H3,(H,3,4). The van der Waals surface area contributed by atoms with Gasteiger partial charge in [-0.05, 0) is 25.9 Å². The van der Waals surface area contributed by atoms with E-state index in [0.717, 1.165) is 13.5 Å². The molecular weight excluding hydrogens is 158 g/mol. The van der Waals surface area contributed by atoms with Crippen LogP contribution >= 0.6 is 0 Å². The van der Waals surface area contributed by atoms with Crippen molar-refractivity contribution in [2.45, 2.75) is 19.8 Å². The first-order valence-corrected chi connectivity index (χ1v) is 4.19. The van der Waals surface area contributed by atoms with E-state index in [2.05, 4.69) is 4.90 Å². The van der Waals surface area contributed by atoms with Gasteiger partial charge >= 0.3 is 0 Å². The lowest BCUT2D eigenvalue weighted by molar-refractivity contribution is -0.134. The molecule has 0 aromatic rings. The smallest absolute Gasteiger partial charge is 0.300 e. The number of carboxylic acid groups (broad SMARTS) is 1. The molecule has 1 fully saturated rings. The monoisotopic (exact) mass is 175 g/mol. The van der Waals surface area contributed by atoms with Crippen LogP contribution in [0, 0.1) is 0 Å². The Bertz CT molecular complexity index is 117. The van der Waals surface area contributed by atoms with Crippen LogP contribution in [0.25, 0.3) is 0 Å². The van der Waals surface area contributed by atoms with Gasteiger partial charge in [-0.15, -0.1) is 0 Å². The Morgan fingerprint density at radius 2 is 1.83 bits per heavy atom. The van der Waals surface area contributed by atoms with E-state index in [1.54, 1.807) is 0 Å². The molecular formula is C8H17NO3. The highest BCUT2D eigenvalue weighted by atomic mass is 16.4. The van der Waals surface area contributed by atoms with E-state index < -0.39 is 5.97 Å². The lowest BCUT2D eigenvalue weighted by atomic mass is 10.4. The number of aliphatic hydroxyl groups is 1. The number of carbonyl (C=O) groups is 1. The van der Waals surface area contributed by atoms with Crippen molar-refractivity contribution in [3.8, 4) is 0 Å². The predicted molar refractivity (Wildman–Crippen MR) is 46.1 cm³/mol. The van der Waals surface area contributed by atoms with Crippen LogP contribution in [0.1, 0.15) is 19.8 Å². The Balaban J connectivity index is 0.000000261. The van der Waals surface area contributed by atoms with Crippen molar-refractivity contribution >= 4 is 5.97 Å². The van der Waals surface area contributed by atoms with Crippen LogP contribution in [0.5, 0.6) is 0 Å². The highest BCUT2D eigenvalue weighted by Gasteiger charge is 2.08. The molecule has 0 atom stereocenters. The number of carboxylic acids is 1. The van der Waals surface area contributed by atoms with Crippen molar-refractivity contribution in [3.63, 3.8) is 0 Å². The lowest BCUT2D eigenvalue weighted by Gasteiger charge is -2.10. The fourth-order valence-corrected chi connectivity index (χ4v) is 1.15. The first-order chi connectivity index (χ1) is 5.66. The van der Waals surface area contributed by atoms with Gasteiger partial charge in [0.25, 0.3) is 5.97 Å². The van der Waals surface area contributed by atoms with Gasteiger partial charge in [0.05, 0.1) is 6.61 Å². The van der Waals surface area contributed by atoms with Crippen LogP contribution in [-0.2, 0) is 4.79 Å². The van der Waals surface area contributed by atoms with E-state index in [-0.39, 0.29) is 0 Å². The molecule has 0 spiro atoms. The molecule has 0 aromatic carbocycles. The van der Waals surface area contributed by atoms with E-state index in [0.29, 0.717) is 6.61 Å². The fraction of sp³-hybridized carbons (Fsp3) is 0.875. The summed E-state index contributed by atoms with van der Waals surface area (Å²) in [6.07, 6.45) is 2.64. The minimum Gasteiger partial charge on any atom is -0.481 e. The van der Waals surface area contributed by atoms with Gasteiger partial charge in [-0.25, -0.2) is 0 Å². The summed E-state index contributed by atoms with van der Waals surface area (Å²) in [4.78, 5) is 11.3. The van der Waals surface area contributed by atoms with Crippen molar-refractivity contribution in [3.05, 3.63) is 0 Å². The molecule has 1 aliphatic rings. The number of nitrogens with zero attached hydrogens (tertiary/aromatic N) is 1. The van der Waals surface area contributed by atoms with Gasteiger partial charge in [0.1, 0.15) is 0 Å². The van der Waals surface area contributed by atoms with Gasteiger partial charge in [0, 0.05) is 13.5 Å². The molecule has 72 valence electrons. The van der Waals surface area contributed by atoms with E-state index in [4.69, 9.17) is 15.0 Å². The maximum Gasteiger partial charge on any atom is 0.300 e. The van der Waals surface area contributed by atoms with E-state index in [1.165, 1.54) is 25.9 Å². The minimum atomic E-state index is -0.833. The summed E-state index contributed by atoms with van der Waals surface area (Å²) in [7, 11) is 0. The topological polar surface area (TPSA) is 60.8 Å². The predicted octanol–water partition coefficient (Wildman–Crippen LogP) is 0.165. The Morgan fingerprint density at radius 1 is 1.42 bits per heavy atom. The second kappa shape index (κ2) is 7.06. The molecule has 0 unspecified atom stereocenters. The molecule has 1 aliphatic heterocycles. The number of β-amino-alcohol motifs (C(OH)–C–C–N with tert-alkyl or cyclic N) is 1. The summed E-state index contributed by atoms with van der Waals surface area (Å²) in [6.45, 7) is 4.67. The van der Waals surface area contributed by atoms with Crippen LogP contribution in [0.15, 0.2) is 0 Å². The van der Waals surface area contributed by atoms with Crippen molar-refractivity contribution in [1.82, 2.24) is 4.90 Å². The van der Waals surface area contributed by atoms with Crippen molar-refractivity contribution in [2.24, 2.45) is 0 Å². The molecule has 0 amide bonds. The van der Waals surface area contributed by atoms with E-state index in [1.807, 2.05) is 0 Å². The van der Waals surface area contributed by atoms with Crippen LogP contribution in [0.4, 0.5) is 0 Å². The molecule has 1 heterocycles. The van der Waals surface area contributed by atoms with Crippen LogP contribution in [-0.4, -0.2) is 47.3 Å². The number of likely N-dealkylation sites (tertiary alicyclic amines) is 1. The van der Waals surface area contributed by atoms with Crippen LogP contribution in [0.3, 0.4) is 0 Å². The lowest BCUT2D eigenvalue weighted by Crippen LogP contribution is -2.22. The highest BCUT2D eigenvalue weighted by molar-refractivity contribution is 5.62. The summed E-state index contributed by atoms with van der Waals surface area (Å²) >= 11 is 0. The summed E-state index contributed by atoms with van der Waals surface area (Å²) in [5.74, 6) is -0.833. The SMILES string of the molecule is CC(=O)O.OCCN1CCCC1. The van der Waals surface area contributed by atoms with Gasteiger partial charge in [0.2, 0.25) is 0 Å². The zero-order valence-electron chi connectivity index (χ0n) is 7.49. The van der Waals surface area contributed by atoms with Gasteiger partial charge in [-0.2, -0.15) is 0 Å². The summed E-state index contributed by atoms with van der Waals surface area (Å²) in [5, 5.41) is 15.9. The molecule has 1 rings (SSSR count). The molecule has 0 aromatic heterocycles. The third kappa shape index (κ3) is 7.50. The van der Waals surface area contributed by atoms with Crippen molar-refractivity contribution in [1.29, 1.82) is 0 Å². The van der Waals surface area contributed by atoms with Gasteiger partial charge in [0.15, 0.2) is 0 Å². The molecule has 2 N–H and O–H groups in total. The quantitative estimate of drug-likeness (QED) is 0.628. The average Bonchev–Trinajstić information content (AvgIpc) is 2.39. The minimum absolute atomic E-state index is 0.319. The van der Waals surface area contributed by atoms with Crippen molar-refractivity contribution in [2.75, 3.05) is 26.2 Å². The Morgan fingerprint density at radius 3 is 2.17 bits per heavy atom. The van der Waals surface area contributed by atoms with Crippen LogP contribution < -0.4 is 0 Å². The molecule has 0 bridgehead atoms. The zero-order valence-corrected chi connectivity index (χ0v) is 7.49. The maximum absolute atomic E-state index is 9.00. The van der Waals surface area contributed by atoms with Crippen LogP contribution in [0.2, 0.25) is 0 Å². The van der Waals surface area contributed by atoms with Gasteiger partial charge in [-0.3, -0.25) is 4.79 Å². The fourth-order valence-electron chi connectivity index (χ4n) is 1.15. The van der Waals surface area contributed by atoms with E-state index >= 15 is 0 Å². The second-order valence-electron chi connectivity index (χ2n) is 2.79. The third-order valence-electron chi connectivity index (χ3n) is 1.61. The first kappa shape index (κ1) is 11.4. The average molecular weight is 175 g/mol. The van der Waals surface area contributed by atoms with E-state index in [9.17, 15) is 0 Å². The number of aliphatic carboxylic acids is 1. The maximum atomic E-state index is 9.00. The molecule has 4 heteroatoms.